The Hall–Kier alpha value is -2.70. The molecule has 1 aliphatic heterocycles. The Labute approximate surface area is 224 Å². The van der Waals surface area contributed by atoms with Crippen molar-refractivity contribution in [3.05, 3.63) is 34.3 Å². The Kier molecular flexibility index (Phi) is 8.63. The summed E-state index contributed by atoms with van der Waals surface area (Å²) in [6, 6.07) is 5.19. The zero-order chi connectivity index (χ0) is 27.5. The number of halogens is 6. The van der Waals surface area contributed by atoms with Gasteiger partial charge in [-0.1, -0.05) is 23.6 Å². The number of hydrogen-bond acceptors (Lipinski definition) is 8. The van der Waals surface area contributed by atoms with Gasteiger partial charge in [-0.15, -0.1) is 10.2 Å². The van der Waals surface area contributed by atoms with E-state index in [-0.39, 0.29) is 23.9 Å². The molecule has 1 N–H and O–H groups in total. The number of aromatic nitrogens is 2. The first kappa shape index (κ1) is 28.3. The molecule has 2 aromatic rings. The third kappa shape index (κ3) is 7.03. The summed E-state index contributed by atoms with van der Waals surface area (Å²) < 4.78 is 83.9. The van der Waals surface area contributed by atoms with Gasteiger partial charge in [-0.2, -0.15) is 31.6 Å². The standard InChI is InChI=1S/C23H24F6N6OS2/c24-22(25,26)18-11-16(2-1-14(18)12-30)31-15-3-5-17(6-4-15)36-13-19(37)34-7-9-35(10-8-34)21-33-32-20(38-21)23(27,28)29/h1-2,11,15,17,31H,3-10,13H2. The molecule has 0 unspecified atom stereocenters. The van der Waals surface area contributed by atoms with Crippen LogP contribution in [0.4, 0.5) is 37.2 Å². The summed E-state index contributed by atoms with van der Waals surface area (Å²) in [6.07, 6.45) is -6.29. The van der Waals surface area contributed by atoms with Gasteiger partial charge in [-0.25, -0.2) is 0 Å². The van der Waals surface area contributed by atoms with Crippen LogP contribution in [0.25, 0.3) is 0 Å². The molecule has 1 aliphatic carbocycles. The van der Waals surface area contributed by atoms with Crippen molar-refractivity contribution in [3.63, 3.8) is 0 Å². The van der Waals surface area contributed by atoms with Crippen molar-refractivity contribution in [2.24, 2.45) is 0 Å². The molecular formula is C23H24F6N6OS2. The normalized spacial score (nSPS) is 20.8. The molecule has 15 heteroatoms. The minimum atomic E-state index is -4.60. The van der Waals surface area contributed by atoms with Gasteiger partial charge in [0.15, 0.2) is 0 Å². The molecule has 0 amide bonds. The molecule has 38 heavy (non-hydrogen) atoms. The molecule has 2 fully saturated rings. The smallest absolute Gasteiger partial charge is 0.382 e. The van der Waals surface area contributed by atoms with Crippen molar-refractivity contribution in [1.82, 2.24) is 15.1 Å². The second-order valence-corrected chi connectivity index (χ2v) is 10.5. The fourth-order valence-electron chi connectivity index (χ4n) is 4.46. The van der Waals surface area contributed by atoms with Gasteiger partial charge in [-0.05, 0) is 43.9 Å². The molecule has 206 valence electrons. The number of nitrogens with one attached hydrogen (secondary N) is 1. The second kappa shape index (κ2) is 11.6. The highest BCUT2D eigenvalue weighted by atomic mass is 32.1. The highest BCUT2D eigenvalue weighted by Gasteiger charge is 2.37. The molecule has 1 aromatic heterocycles. The maximum absolute atomic E-state index is 13.2. The molecule has 2 aliphatic rings. The average Bonchev–Trinajstić information content (AvgIpc) is 3.39. The van der Waals surface area contributed by atoms with Crippen LogP contribution >= 0.6 is 23.6 Å². The third-order valence-corrected chi connectivity index (χ3v) is 7.90. The van der Waals surface area contributed by atoms with E-state index in [1.807, 2.05) is 4.90 Å². The van der Waals surface area contributed by atoms with E-state index < -0.39 is 28.5 Å². The minimum Gasteiger partial charge on any atom is -0.382 e. The predicted molar refractivity (Wildman–Crippen MR) is 133 cm³/mol. The Morgan fingerprint density at radius 2 is 1.74 bits per heavy atom. The van der Waals surface area contributed by atoms with E-state index >= 15 is 0 Å². The summed E-state index contributed by atoms with van der Waals surface area (Å²) in [7, 11) is 0. The number of piperazine rings is 1. The van der Waals surface area contributed by atoms with E-state index in [4.69, 9.17) is 22.2 Å². The SMILES string of the molecule is N#Cc1ccc(NC2CCC(OCC(=S)N3CCN(c4nnc(C(F)(F)F)s4)CC3)CC2)cc1C(F)(F)F. The summed E-state index contributed by atoms with van der Waals surface area (Å²) in [5.74, 6) is 0. The van der Waals surface area contributed by atoms with E-state index in [1.165, 1.54) is 12.1 Å². The first-order valence-electron chi connectivity index (χ1n) is 11.9. The molecule has 7 nitrogen and oxygen atoms in total. The first-order chi connectivity index (χ1) is 17.9. The van der Waals surface area contributed by atoms with Gasteiger partial charge in [-0.3, -0.25) is 0 Å². The van der Waals surface area contributed by atoms with Crippen LogP contribution in [0.2, 0.25) is 0 Å². The van der Waals surface area contributed by atoms with Crippen molar-refractivity contribution >= 4 is 39.4 Å². The predicted octanol–water partition coefficient (Wildman–Crippen LogP) is 5.34. The lowest BCUT2D eigenvalue weighted by Gasteiger charge is -2.36. The molecule has 1 aromatic carbocycles. The van der Waals surface area contributed by atoms with Crippen LogP contribution in [-0.2, 0) is 17.1 Å². The lowest BCUT2D eigenvalue weighted by molar-refractivity contribution is -0.138. The zero-order valence-electron chi connectivity index (χ0n) is 20.0. The van der Waals surface area contributed by atoms with Gasteiger partial charge in [0, 0.05) is 37.9 Å². The molecule has 0 radical (unpaired) electrons. The molecule has 0 spiro atoms. The Bertz CT molecular complexity index is 1160. The summed E-state index contributed by atoms with van der Waals surface area (Å²) in [5.41, 5.74) is -1.04. The number of benzene rings is 1. The summed E-state index contributed by atoms with van der Waals surface area (Å²) in [4.78, 5) is 4.34. The summed E-state index contributed by atoms with van der Waals surface area (Å²) in [6.45, 7) is 2.25. The number of nitriles is 1. The van der Waals surface area contributed by atoms with Crippen molar-refractivity contribution in [2.45, 2.75) is 50.2 Å². The van der Waals surface area contributed by atoms with Gasteiger partial charge >= 0.3 is 12.4 Å². The molecule has 2 heterocycles. The van der Waals surface area contributed by atoms with Crippen molar-refractivity contribution in [3.8, 4) is 6.07 Å². The van der Waals surface area contributed by atoms with Crippen LogP contribution in [0, 0.1) is 11.3 Å². The van der Waals surface area contributed by atoms with Crippen LogP contribution in [0.5, 0.6) is 0 Å². The monoisotopic (exact) mass is 578 g/mol. The number of anilines is 2. The highest BCUT2D eigenvalue weighted by Crippen LogP contribution is 2.35. The Morgan fingerprint density at radius 3 is 2.32 bits per heavy atom. The van der Waals surface area contributed by atoms with Gasteiger partial charge < -0.3 is 19.9 Å². The van der Waals surface area contributed by atoms with Crippen LogP contribution in [0.15, 0.2) is 18.2 Å². The molecule has 0 bridgehead atoms. The van der Waals surface area contributed by atoms with Crippen molar-refractivity contribution in [2.75, 3.05) is 43.0 Å². The van der Waals surface area contributed by atoms with E-state index in [0.29, 0.717) is 61.0 Å². The van der Waals surface area contributed by atoms with Crippen molar-refractivity contribution < 1.29 is 31.1 Å². The summed E-state index contributed by atoms with van der Waals surface area (Å²) >= 11 is 6.03. The van der Waals surface area contributed by atoms with Crippen LogP contribution in [0.3, 0.4) is 0 Å². The number of rotatable bonds is 6. The quantitative estimate of drug-likeness (QED) is 0.364. The largest absolute Gasteiger partial charge is 0.445 e. The molecule has 0 atom stereocenters. The fraction of sp³-hybridized carbons (Fsp3) is 0.565. The average molecular weight is 579 g/mol. The second-order valence-electron chi connectivity index (χ2n) is 9.05. The maximum Gasteiger partial charge on any atom is 0.445 e. The number of ether oxygens (including phenoxy) is 1. The zero-order valence-corrected chi connectivity index (χ0v) is 21.6. The number of thiocarbonyl (C=S) groups is 1. The van der Waals surface area contributed by atoms with E-state index in [1.54, 1.807) is 11.0 Å². The summed E-state index contributed by atoms with van der Waals surface area (Å²) in [5, 5.41) is 18.2. The van der Waals surface area contributed by atoms with Crippen LogP contribution in [0.1, 0.15) is 41.8 Å². The Balaban J connectivity index is 1.19. The first-order valence-corrected chi connectivity index (χ1v) is 13.1. The number of nitrogens with zero attached hydrogens (tertiary/aromatic N) is 5. The lowest BCUT2D eigenvalue weighted by Crippen LogP contribution is -2.49. The fourth-order valence-corrected chi connectivity index (χ4v) is 5.48. The topological polar surface area (TPSA) is 77.3 Å². The number of hydrogen-bond donors (Lipinski definition) is 1. The number of alkyl halides is 6. The lowest BCUT2D eigenvalue weighted by atomic mass is 9.92. The molecule has 1 saturated heterocycles. The molecular weight excluding hydrogens is 554 g/mol. The van der Waals surface area contributed by atoms with Crippen LogP contribution < -0.4 is 10.2 Å². The van der Waals surface area contributed by atoms with Gasteiger partial charge in [0.2, 0.25) is 10.1 Å². The van der Waals surface area contributed by atoms with E-state index in [9.17, 15) is 26.3 Å². The van der Waals surface area contributed by atoms with E-state index in [2.05, 4.69) is 15.5 Å². The minimum absolute atomic E-state index is 0.0119. The highest BCUT2D eigenvalue weighted by molar-refractivity contribution is 7.80. The Morgan fingerprint density at radius 1 is 1.05 bits per heavy atom. The third-order valence-electron chi connectivity index (χ3n) is 6.49. The van der Waals surface area contributed by atoms with Crippen LogP contribution in [-0.4, -0.2) is 65.0 Å². The van der Waals surface area contributed by atoms with Gasteiger partial charge in [0.1, 0.15) is 4.99 Å². The van der Waals surface area contributed by atoms with Gasteiger partial charge in [0.25, 0.3) is 0 Å². The molecule has 4 rings (SSSR count). The van der Waals surface area contributed by atoms with Gasteiger partial charge in [0.05, 0.1) is 29.9 Å². The molecule has 1 saturated carbocycles. The van der Waals surface area contributed by atoms with E-state index in [0.717, 1.165) is 18.9 Å². The van der Waals surface area contributed by atoms with Crippen molar-refractivity contribution in [1.29, 1.82) is 5.26 Å². The maximum atomic E-state index is 13.2.